The number of phosphoric acid groups is 3. The predicted octanol–water partition coefficient (Wildman–Crippen LogP) is 6.33. The monoisotopic (exact) mass is 1020 g/mol. The van der Waals surface area contributed by atoms with E-state index in [2.05, 4.69) is 48.8 Å². The number of aliphatic hydroxyl groups is 1. The number of phosphoric ester groups is 1. The normalized spacial score (nSPS) is 18.1. The first-order valence-corrected chi connectivity index (χ1v) is 25.0. The summed E-state index contributed by atoms with van der Waals surface area (Å²) in [7, 11) is -15.5. The summed E-state index contributed by atoms with van der Waals surface area (Å²) in [6.07, 6.45) is 0.205. The van der Waals surface area contributed by atoms with Crippen LogP contribution in [0, 0.1) is 24.0 Å². The molecule has 1 saturated heterocycles. The SMILES string of the molecule is CCN(CCCC(=O)NC/C=C/c1cn([C@H]2C[C@H](O)[C@@H](COP(=O)(O)OP(=O)(O)OP(=O)(O)O)O2)c(=O)[nH]c1=O)c1ccc(N=Nc2cc(C)c(N=Nc3ccc(C)cc3[N+](=O)[O-])cc2OC)cc1. The molecule has 1 aliphatic rings. The van der Waals surface area contributed by atoms with Crippen molar-refractivity contribution in [3.05, 3.63) is 115 Å². The van der Waals surface area contributed by atoms with Gasteiger partial charge in [0, 0.05) is 56.5 Å². The number of hydrogen-bond donors (Lipinski definition) is 7. The highest BCUT2D eigenvalue weighted by Gasteiger charge is 2.43. The van der Waals surface area contributed by atoms with E-state index in [1.807, 2.05) is 19.1 Å². The number of anilines is 1. The Kier molecular flexibility index (Phi) is 18.5. The van der Waals surface area contributed by atoms with Gasteiger partial charge in [0.2, 0.25) is 5.91 Å². The third-order valence-electron chi connectivity index (χ3n) is 9.83. The average Bonchev–Trinajstić information content (AvgIpc) is 3.64. The van der Waals surface area contributed by atoms with Gasteiger partial charge in [0.1, 0.15) is 23.8 Å². The van der Waals surface area contributed by atoms with E-state index in [9.17, 15) is 53.1 Å². The van der Waals surface area contributed by atoms with E-state index < -0.39 is 64.7 Å². The maximum absolute atomic E-state index is 12.7. The van der Waals surface area contributed by atoms with Crippen molar-refractivity contribution in [1.82, 2.24) is 14.9 Å². The lowest BCUT2D eigenvalue weighted by Gasteiger charge is -2.23. The third kappa shape index (κ3) is 16.1. The molecule has 0 bridgehead atoms. The van der Waals surface area contributed by atoms with Gasteiger partial charge in [0.15, 0.2) is 5.69 Å². The maximum Gasteiger partial charge on any atom is 0.490 e. The van der Waals surface area contributed by atoms with Crippen LogP contribution in [0.3, 0.4) is 0 Å². The lowest BCUT2D eigenvalue weighted by molar-refractivity contribution is -0.384. The number of rotatable bonds is 23. The quantitative estimate of drug-likeness (QED) is 0.0185. The second-order valence-corrected chi connectivity index (χ2v) is 19.4. The lowest BCUT2D eigenvalue weighted by atomic mass is 10.1. The van der Waals surface area contributed by atoms with Gasteiger partial charge in [-0.2, -0.15) is 13.7 Å². The van der Waals surface area contributed by atoms with Crippen LogP contribution in [0.2, 0.25) is 0 Å². The van der Waals surface area contributed by atoms with Gasteiger partial charge in [0.25, 0.3) is 11.2 Å². The van der Waals surface area contributed by atoms with Crippen LogP contribution >= 0.6 is 23.5 Å². The summed E-state index contributed by atoms with van der Waals surface area (Å²) in [5.41, 5.74) is 1.92. The van der Waals surface area contributed by atoms with Crippen molar-refractivity contribution in [3.8, 4) is 5.75 Å². The number of aromatic nitrogens is 2. The molecular formula is C39H48N9O18P3. The second kappa shape index (κ2) is 23.6. The molecule has 1 fully saturated rings. The van der Waals surface area contributed by atoms with Crippen molar-refractivity contribution < 1.29 is 70.7 Å². The van der Waals surface area contributed by atoms with E-state index in [1.165, 1.54) is 31.4 Å². The van der Waals surface area contributed by atoms with Crippen LogP contribution in [0.15, 0.2) is 96.9 Å². The minimum absolute atomic E-state index is 0.0216. The number of nitro benzene ring substituents is 1. The summed E-state index contributed by atoms with van der Waals surface area (Å²) in [6, 6.07) is 15.3. The van der Waals surface area contributed by atoms with Crippen LogP contribution in [-0.4, -0.2) is 90.6 Å². The van der Waals surface area contributed by atoms with Gasteiger partial charge in [-0.1, -0.05) is 18.2 Å². The molecule has 0 saturated carbocycles. The molecule has 1 amide bonds. The molecule has 69 heavy (non-hydrogen) atoms. The molecule has 4 aromatic rings. The Balaban J connectivity index is 1.09. The molecule has 3 aromatic carbocycles. The molecule has 0 radical (unpaired) electrons. The maximum atomic E-state index is 12.7. The predicted molar refractivity (Wildman–Crippen MR) is 245 cm³/mol. The zero-order valence-electron chi connectivity index (χ0n) is 37.1. The molecule has 2 heterocycles. The first-order chi connectivity index (χ1) is 32.5. The van der Waals surface area contributed by atoms with Gasteiger partial charge in [-0.3, -0.25) is 33.8 Å². The molecule has 1 aliphatic heterocycles. The Labute approximate surface area is 391 Å². The van der Waals surface area contributed by atoms with Crippen LogP contribution in [0.5, 0.6) is 5.75 Å². The number of aryl methyl sites for hydroxylation is 2. The Morgan fingerprint density at radius 1 is 0.986 bits per heavy atom. The Morgan fingerprint density at radius 2 is 1.68 bits per heavy atom. The molecule has 1 aromatic heterocycles. The minimum Gasteiger partial charge on any atom is -0.494 e. The number of nitrogens with one attached hydrogen (secondary N) is 2. The Bertz CT molecular complexity index is 2870. The van der Waals surface area contributed by atoms with Gasteiger partial charge < -0.3 is 44.4 Å². The smallest absolute Gasteiger partial charge is 0.490 e. The van der Waals surface area contributed by atoms with Gasteiger partial charge in [-0.05, 0) is 74.7 Å². The molecule has 372 valence electrons. The molecule has 5 atom stereocenters. The number of aromatic amines is 1. The highest BCUT2D eigenvalue weighted by molar-refractivity contribution is 7.66. The Hall–Kier alpha value is -5.92. The van der Waals surface area contributed by atoms with Crippen LogP contribution in [-0.2, 0) is 36.4 Å². The number of aliphatic hydroxyl groups excluding tert-OH is 1. The Morgan fingerprint density at radius 3 is 2.35 bits per heavy atom. The molecule has 5 rings (SSSR count). The summed E-state index contributed by atoms with van der Waals surface area (Å²) >= 11 is 0. The van der Waals surface area contributed by atoms with Gasteiger partial charge in [-0.15, -0.1) is 15.3 Å². The standard InChI is InChI=1S/C39H48N9O18P3/c1-5-46(28-13-11-27(12-14-28)42-45-31-19-25(3)30(20-34(31)62-4)44-43-29-15-10-24(2)18-32(29)48(53)54)17-7-9-36(50)40-16-6-8-26-22-47(39(52)41-38(26)51)37-21-33(49)35(64-37)23-63-68(58,59)66-69(60,61)65-67(55,56)57/h6,8,10-15,18-20,22,33,35,37,49H,5,7,9,16-17,21,23H2,1-4H3,(H,40,50)(H,58,59)(H,60,61)(H,41,51,52)(H2,55,56,57)/b8-6+,44-43?,45-42?/t33-,35+,37+/m0/s1. The number of amides is 1. The number of azo groups is 2. The number of hydrogen-bond acceptors (Lipinski definition) is 19. The lowest BCUT2D eigenvalue weighted by Crippen LogP contribution is -2.33. The summed E-state index contributed by atoms with van der Waals surface area (Å²) in [4.78, 5) is 89.3. The molecule has 0 spiro atoms. The van der Waals surface area contributed by atoms with Crippen LogP contribution in [0.25, 0.3) is 6.08 Å². The van der Waals surface area contributed by atoms with E-state index in [0.717, 1.165) is 22.0 Å². The summed E-state index contributed by atoms with van der Waals surface area (Å²) in [6.45, 7) is 5.76. The zero-order valence-corrected chi connectivity index (χ0v) is 39.8. The number of carbonyl (C=O) groups is 1. The number of nitro groups is 1. The fourth-order valence-corrected chi connectivity index (χ4v) is 9.54. The molecule has 0 aliphatic carbocycles. The van der Waals surface area contributed by atoms with Gasteiger partial charge in [-0.25, -0.2) is 18.5 Å². The van der Waals surface area contributed by atoms with E-state index in [1.54, 1.807) is 44.2 Å². The summed E-state index contributed by atoms with van der Waals surface area (Å²) in [5.74, 6) is 0.0994. The van der Waals surface area contributed by atoms with E-state index in [-0.39, 0.29) is 42.2 Å². The van der Waals surface area contributed by atoms with Gasteiger partial charge in [0.05, 0.1) is 41.7 Å². The zero-order chi connectivity index (χ0) is 50.7. The van der Waals surface area contributed by atoms with E-state index in [0.29, 0.717) is 47.9 Å². The molecule has 30 heteroatoms. The second-order valence-electron chi connectivity index (χ2n) is 14.9. The van der Waals surface area contributed by atoms with Crippen molar-refractivity contribution in [2.24, 2.45) is 20.5 Å². The van der Waals surface area contributed by atoms with Crippen LogP contribution in [0.4, 0.5) is 34.1 Å². The third-order valence-corrected chi connectivity index (χ3v) is 13.6. The van der Waals surface area contributed by atoms with Crippen molar-refractivity contribution in [2.75, 3.05) is 38.3 Å². The molecular weight excluding hydrogens is 975 g/mol. The number of ether oxygens (including phenoxy) is 2. The number of methoxy groups -OCH3 is 1. The average molecular weight is 1020 g/mol. The largest absolute Gasteiger partial charge is 0.494 e. The fourth-order valence-electron chi connectivity index (χ4n) is 6.51. The fraction of sp³-hybridized carbons (Fsp3) is 0.359. The topological polar surface area (TPSA) is 378 Å². The highest BCUT2D eigenvalue weighted by Crippen LogP contribution is 2.66. The minimum atomic E-state index is -5.78. The van der Waals surface area contributed by atoms with Crippen molar-refractivity contribution >= 4 is 69.6 Å². The van der Waals surface area contributed by atoms with Gasteiger partial charge >= 0.3 is 29.2 Å². The molecule has 7 N–H and O–H groups in total. The number of nitrogens with zero attached hydrogens (tertiary/aromatic N) is 7. The van der Waals surface area contributed by atoms with Crippen molar-refractivity contribution in [1.29, 1.82) is 0 Å². The number of carbonyl (C=O) groups excluding carboxylic acids is 1. The van der Waals surface area contributed by atoms with Crippen molar-refractivity contribution in [3.63, 3.8) is 0 Å². The summed E-state index contributed by atoms with van der Waals surface area (Å²) in [5, 5.41) is 41.7. The number of H-pyrrole nitrogens is 1. The van der Waals surface area contributed by atoms with E-state index >= 15 is 0 Å². The van der Waals surface area contributed by atoms with Crippen LogP contribution in [0.1, 0.15) is 49.1 Å². The molecule has 2 unspecified atom stereocenters. The first kappa shape index (κ1) is 54.0. The highest BCUT2D eigenvalue weighted by atomic mass is 31.3. The molecule has 27 nitrogen and oxygen atoms in total. The first-order valence-electron chi connectivity index (χ1n) is 20.5. The van der Waals surface area contributed by atoms with Crippen LogP contribution < -0.4 is 26.2 Å². The summed E-state index contributed by atoms with van der Waals surface area (Å²) < 4.78 is 58.2. The van der Waals surface area contributed by atoms with E-state index in [4.69, 9.17) is 19.3 Å². The van der Waals surface area contributed by atoms with Crippen molar-refractivity contribution in [2.45, 2.75) is 58.5 Å². The number of benzene rings is 3.